The van der Waals surface area contributed by atoms with Gasteiger partial charge in [-0.2, -0.15) is 0 Å². The zero-order valence-corrected chi connectivity index (χ0v) is 17.8. The molecule has 6 nitrogen and oxygen atoms in total. The van der Waals surface area contributed by atoms with Crippen molar-refractivity contribution in [3.63, 3.8) is 0 Å². The van der Waals surface area contributed by atoms with Crippen molar-refractivity contribution in [1.82, 2.24) is 14.9 Å². The molecule has 0 bridgehead atoms. The molecule has 3 rings (SSSR count). The molecule has 3 N–H and O–H groups in total. The molecule has 0 spiro atoms. The van der Waals surface area contributed by atoms with E-state index in [0.717, 1.165) is 29.5 Å². The van der Waals surface area contributed by atoms with Crippen LogP contribution in [0.5, 0.6) is 0 Å². The highest BCUT2D eigenvalue weighted by Gasteiger charge is 2.28. The number of thiophene rings is 1. The summed E-state index contributed by atoms with van der Waals surface area (Å²) in [6.07, 6.45) is 6.13. The van der Waals surface area contributed by atoms with E-state index in [4.69, 9.17) is 5.73 Å². The predicted molar refractivity (Wildman–Crippen MR) is 113 cm³/mol. The fourth-order valence-corrected chi connectivity index (χ4v) is 4.59. The van der Waals surface area contributed by atoms with Crippen LogP contribution in [0.25, 0.3) is 10.2 Å². The molecule has 0 aliphatic heterocycles. The van der Waals surface area contributed by atoms with Gasteiger partial charge in [-0.3, -0.25) is 14.2 Å². The first kappa shape index (κ1) is 21.9. The number of halogens is 1. The highest BCUT2D eigenvalue weighted by molar-refractivity contribution is 7.18. The van der Waals surface area contributed by atoms with E-state index in [1.165, 1.54) is 16.9 Å². The van der Waals surface area contributed by atoms with Crippen LogP contribution >= 0.6 is 23.7 Å². The summed E-state index contributed by atoms with van der Waals surface area (Å²) in [4.78, 5) is 31.9. The smallest absolute Gasteiger partial charge is 0.262 e. The van der Waals surface area contributed by atoms with Gasteiger partial charge >= 0.3 is 0 Å². The Hall–Kier alpha value is -1.44. The Morgan fingerprint density at radius 3 is 2.78 bits per heavy atom. The van der Waals surface area contributed by atoms with Crippen molar-refractivity contribution in [2.24, 2.45) is 11.7 Å². The fourth-order valence-electron chi connectivity index (χ4n) is 3.37. The number of hydrogen-bond acceptors (Lipinski definition) is 5. The number of aryl methyl sites for hydroxylation is 3. The SMILES string of the molecule is CC(C)C(C)(CN)NC(=O)CCn1cnc2sc3c(c2c1=O)CCCC3.Cl. The van der Waals surface area contributed by atoms with Crippen molar-refractivity contribution in [3.05, 3.63) is 27.1 Å². The summed E-state index contributed by atoms with van der Waals surface area (Å²) in [6, 6.07) is 0. The number of nitrogens with one attached hydrogen (secondary N) is 1. The molecule has 1 unspecified atom stereocenters. The number of carbonyl (C=O) groups excluding carboxylic acids is 1. The minimum absolute atomic E-state index is 0. The fraction of sp³-hybridized carbons (Fsp3) is 0.632. The van der Waals surface area contributed by atoms with Crippen LogP contribution < -0.4 is 16.6 Å². The normalized spacial score (nSPS) is 15.9. The molecule has 2 heterocycles. The molecular formula is C19H29ClN4O2S. The van der Waals surface area contributed by atoms with Gasteiger partial charge in [0.1, 0.15) is 4.83 Å². The third-order valence-corrected chi connectivity index (χ3v) is 6.84. The van der Waals surface area contributed by atoms with Gasteiger partial charge in [0.15, 0.2) is 0 Å². The second-order valence-electron chi connectivity index (χ2n) is 7.71. The van der Waals surface area contributed by atoms with Crippen molar-refractivity contribution in [2.75, 3.05) is 6.54 Å². The molecule has 1 atom stereocenters. The van der Waals surface area contributed by atoms with Gasteiger partial charge in [-0.25, -0.2) is 4.98 Å². The third kappa shape index (κ3) is 4.36. The molecule has 8 heteroatoms. The Balaban J connectivity index is 0.00000261. The number of carbonyl (C=O) groups is 1. The standard InChI is InChI=1S/C19H28N4O2S.ClH/c1-12(2)19(3,10-20)22-15(24)8-9-23-11-21-17-16(18(23)25)13-6-4-5-7-14(13)26-17;/h11-12H,4-10,20H2,1-3H3,(H,22,24);1H. The van der Waals surface area contributed by atoms with E-state index >= 15 is 0 Å². The molecule has 2 aromatic heterocycles. The van der Waals surface area contributed by atoms with Crippen LogP contribution in [0.15, 0.2) is 11.1 Å². The van der Waals surface area contributed by atoms with Crippen LogP contribution in [-0.2, 0) is 24.2 Å². The van der Waals surface area contributed by atoms with E-state index in [1.54, 1.807) is 22.2 Å². The first-order valence-electron chi connectivity index (χ1n) is 9.36. The quantitative estimate of drug-likeness (QED) is 0.763. The Morgan fingerprint density at radius 1 is 1.41 bits per heavy atom. The zero-order valence-electron chi connectivity index (χ0n) is 16.2. The maximum Gasteiger partial charge on any atom is 0.262 e. The minimum atomic E-state index is -0.434. The van der Waals surface area contributed by atoms with Crippen molar-refractivity contribution < 1.29 is 4.79 Å². The molecule has 0 saturated heterocycles. The number of aromatic nitrogens is 2. The lowest BCUT2D eigenvalue weighted by atomic mass is 9.88. The molecule has 0 fully saturated rings. The summed E-state index contributed by atoms with van der Waals surface area (Å²) in [7, 11) is 0. The van der Waals surface area contributed by atoms with Gasteiger partial charge in [0.25, 0.3) is 5.56 Å². The third-order valence-electron chi connectivity index (χ3n) is 5.64. The molecule has 27 heavy (non-hydrogen) atoms. The van der Waals surface area contributed by atoms with E-state index < -0.39 is 5.54 Å². The van der Waals surface area contributed by atoms with Crippen LogP contribution in [-0.4, -0.2) is 27.5 Å². The summed E-state index contributed by atoms with van der Waals surface area (Å²) < 4.78 is 1.57. The van der Waals surface area contributed by atoms with Crippen molar-refractivity contribution in [1.29, 1.82) is 0 Å². The van der Waals surface area contributed by atoms with Gasteiger partial charge in [0.05, 0.1) is 17.3 Å². The average Bonchev–Trinajstić information content (AvgIpc) is 3.00. The van der Waals surface area contributed by atoms with Crippen molar-refractivity contribution >= 4 is 39.9 Å². The van der Waals surface area contributed by atoms with Crippen LogP contribution in [0, 0.1) is 5.92 Å². The molecule has 1 aliphatic rings. The largest absolute Gasteiger partial charge is 0.349 e. The van der Waals surface area contributed by atoms with E-state index in [1.807, 2.05) is 20.8 Å². The lowest BCUT2D eigenvalue weighted by Gasteiger charge is -2.33. The highest BCUT2D eigenvalue weighted by Crippen LogP contribution is 2.33. The number of fused-ring (bicyclic) bond motifs is 3. The van der Waals surface area contributed by atoms with Crippen LogP contribution in [0.2, 0.25) is 0 Å². The Morgan fingerprint density at radius 2 is 2.11 bits per heavy atom. The summed E-state index contributed by atoms with van der Waals surface area (Å²) in [6.45, 7) is 6.74. The molecule has 1 amide bonds. The van der Waals surface area contributed by atoms with Gasteiger partial charge in [0, 0.05) is 24.4 Å². The summed E-state index contributed by atoms with van der Waals surface area (Å²) in [5, 5.41) is 3.78. The van der Waals surface area contributed by atoms with E-state index in [0.29, 0.717) is 13.1 Å². The number of nitrogens with two attached hydrogens (primary N) is 1. The second kappa shape index (κ2) is 8.71. The van der Waals surface area contributed by atoms with Gasteiger partial charge in [-0.1, -0.05) is 13.8 Å². The predicted octanol–water partition coefficient (Wildman–Crippen LogP) is 2.64. The zero-order chi connectivity index (χ0) is 18.9. The lowest BCUT2D eigenvalue weighted by Crippen LogP contribution is -2.55. The number of rotatable bonds is 6. The molecule has 0 aromatic carbocycles. The average molecular weight is 413 g/mol. The molecule has 0 radical (unpaired) electrons. The topological polar surface area (TPSA) is 90.0 Å². The van der Waals surface area contributed by atoms with Crippen LogP contribution in [0.3, 0.4) is 0 Å². The van der Waals surface area contributed by atoms with Crippen LogP contribution in [0.4, 0.5) is 0 Å². The first-order valence-corrected chi connectivity index (χ1v) is 10.2. The summed E-state index contributed by atoms with van der Waals surface area (Å²) in [5.41, 5.74) is 6.55. The Kier molecular flexibility index (Phi) is 7.05. The van der Waals surface area contributed by atoms with Crippen molar-refractivity contribution in [3.8, 4) is 0 Å². The second-order valence-corrected chi connectivity index (χ2v) is 8.79. The lowest BCUT2D eigenvalue weighted by molar-refractivity contribution is -0.123. The van der Waals surface area contributed by atoms with Gasteiger partial charge in [-0.05, 0) is 44.1 Å². The molecule has 1 aliphatic carbocycles. The Bertz CT molecular complexity index is 876. The number of amides is 1. The maximum atomic E-state index is 12.9. The number of hydrogen-bond donors (Lipinski definition) is 2. The first-order chi connectivity index (χ1) is 12.4. The van der Waals surface area contributed by atoms with E-state index in [-0.39, 0.29) is 36.2 Å². The molecule has 0 saturated carbocycles. The minimum Gasteiger partial charge on any atom is -0.349 e. The van der Waals surface area contributed by atoms with E-state index in [2.05, 4.69) is 10.3 Å². The highest BCUT2D eigenvalue weighted by atomic mass is 35.5. The maximum absolute atomic E-state index is 12.9. The van der Waals surface area contributed by atoms with Gasteiger partial charge in [0.2, 0.25) is 5.91 Å². The monoisotopic (exact) mass is 412 g/mol. The van der Waals surface area contributed by atoms with Gasteiger partial charge < -0.3 is 11.1 Å². The molecule has 2 aromatic rings. The molecular weight excluding hydrogens is 384 g/mol. The van der Waals surface area contributed by atoms with Gasteiger partial charge in [-0.15, -0.1) is 23.7 Å². The number of nitrogens with zero attached hydrogens (tertiary/aromatic N) is 2. The summed E-state index contributed by atoms with van der Waals surface area (Å²) in [5.74, 6) is 0.139. The van der Waals surface area contributed by atoms with Crippen LogP contribution in [0.1, 0.15) is 50.5 Å². The van der Waals surface area contributed by atoms with Crippen molar-refractivity contribution in [2.45, 2.75) is 65.0 Å². The Labute approximate surface area is 170 Å². The summed E-state index contributed by atoms with van der Waals surface area (Å²) >= 11 is 1.64. The molecule has 150 valence electrons. The van der Waals surface area contributed by atoms with E-state index in [9.17, 15) is 9.59 Å².